The highest BCUT2D eigenvalue weighted by Gasteiger charge is 2.61. The molecule has 1 aromatic carbocycles. The molecule has 1 aliphatic rings. The second-order valence-electron chi connectivity index (χ2n) is 9.24. The minimum Gasteiger partial charge on any atom is -0.487 e. The Morgan fingerprint density at radius 1 is 1.28 bits per heavy atom. The van der Waals surface area contributed by atoms with Gasteiger partial charge in [-0.3, -0.25) is 14.6 Å². The van der Waals surface area contributed by atoms with Crippen LogP contribution in [0, 0.1) is 11.6 Å². The van der Waals surface area contributed by atoms with E-state index in [2.05, 4.69) is 10.3 Å². The first-order valence-corrected chi connectivity index (χ1v) is 10.7. The molecule has 1 aromatic heterocycles. The number of nitrogens with one attached hydrogen (secondary N) is 1. The van der Waals surface area contributed by atoms with E-state index in [1.54, 1.807) is 0 Å². The predicted octanol–water partition coefficient (Wildman–Crippen LogP) is 3.44. The van der Waals surface area contributed by atoms with E-state index in [1.165, 1.54) is 19.9 Å². The summed E-state index contributed by atoms with van der Waals surface area (Å²) < 4.78 is 80.8. The number of anilines is 1. The van der Waals surface area contributed by atoms with Gasteiger partial charge in [0.15, 0.2) is 17.2 Å². The molecule has 8 nitrogen and oxygen atoms in total. The molecule has 0 spiro atoms. The number of benzene rings is 1. The maximum absolute atomic E-state index is 14.7. The van der Waals surface area contributed by atoms with Gasteiger partial charge in [0, 0.05) is 23.4 Å². The van der Waals surface area contributed by atoms with Crippen LogP contribution in [0.5, 0.6) is 5.75 Å². The Morgan fingerprint density at radius 3 is 2.53 bits per heavy atom. The molecule has 4 N–H and O–H groups in total. The number of amides is 2. The van der Waals surface area contributed by atoms with Gasteiger partial charge in [-0.1, -0.05) is 6.07 Å². The quantitative estimate of drug-likeness (QED) is 0.484. The lowest BCUT2D eigenvalue weighted by atomic mass is 9.85. The van der Waals surface area contributed by atoms with E-state index in [9.17, 15) is 36.6 Å². The molecule has 1 fully saturated rings. The van der Waals surface area contributed by atoms with E-state index in [4.69, 9.17) is 15.2 Å². The fourth-order valence-corrected chi connectivity index (χ4v) is 3.72. The van der Waals surface area contributed by atoms with Gasteiger partial charge >= 0.3 is 6.18 Å². The Balaban J connectivity index is 2.04. The van der Waals surface area contributed by atoms with Gasteiger partial charge in [-0.2, -0.15) is 17.6 Å². The second-order valence-corrected chi connectivity index (χ2v) is 9.24. The van der Waals surface area contributed by atoms with E-state index >= 15 is 0 Å². The number of nitrogens with two attached hydrogens (primary N) is 1. The normalized spacial score (nSPS) is 22.4. The summed E-state index contributed by atoms with van der Waals surface area (Å²) in [5.41, 5.74) is 0.396. The van der Waals surface area contributed by atoms with E-state index in [0.717, 1.165) is 25.3 Å². The zero-order valence-corrected chi connectivity index (χ0v) is 19.5. The van der Waals surface area contributed by atoms with E-state index in [-0.39, 0.29) is 16.9 Å². The molecule has 0 unspecified atom stereocenters. The first kappa shape index (κ1) is 27.3. The smallest absolute Gasteiger partial charge is 0.417 e. The lowest BCUT2D eigenvalue weighted by molar-refractivity contribution is -0.261. The molecule has 3 rings (SSSR count). The molecule has 36 heavy (non-hydrogen) atoms. The third-order valence-electron chi connectivity index (χ3n) is 5.55. The first-order valence-electron chi connectivity index (χ1n) is 10.7. The standard InChI is InChI=1S/C23H24F5N3O5/c1-21(2,34)10-35-17-12(4-5-14(24)16(17)25)13-9-22(3,23(26,27)28)36-18(13)20(33)31-11-6-7-30-15(8-11)19(29)32/h4-8,13,18,34H,9-10H2,1-3H3,(H2,29,32)(H,30,31,33)/t13-,18+,22+/m1/s1. The molecule has 2 heterocycles. The van der Waals surface area contributed by atoms with Crippen LogP contribution < -0.4 is 15.8 Å². The molecule has 2 amide bonds. The van der Waals surface area contributed by atoms with Crippen molar-refractivity contribution in [3.05, 3.63) is 53.4 Å². The van der Waals surface area contributed by atoms with Gasteiger partial charge < -0.3 is 25.6 Å². The summed E-state index contributed by atoms with van der Waals surface area (Å²) >= 11 is 0. The van der Waals surface area contributed by atoms with E-state index in [0.29, 0.717) is 6.07 Å². The van der Waals surface area contributed by atoms with Crippen LogP contribution in [0.4, 0.5) is 27.6 Å². The van der Waals surface area contributed by atoms with Crippen molar-refractivity contribution >= 4 is 17.5 Å². The molecule has 0 saturated carbocycles. The van der Waals surface area contributed by atoms with Crippen molar-refractivity contribution in [3.8, 4) is 5.75 Å². The number of pyridine rings is 1. The molecule has 0 aliphatic carbocycles. The van der Waals surface area contributed by atoms with Crippen molar-refractivity contribution in [2.45, 2.75) is 56.6 Å². The fraction of sp³-hybridized carbons (Fsp3) is 0.435. The number of aromatic nitrogens is 1. The SMILES string of the molecule is CC(C)(O)COc1c([C@H]2C[C@@](C)(C(F)(F)F)O[C@@H]2C(=O)Nc2ccnc(C(N)=O)c2)ccc(F)c1F. The number of carbonyl (C=O) groups excluding carboxylic acids is 2. The summed E-state index contributed by atoms with van der Waals surface area (Å²) in [5, 5.41) is 12.3. The van der Waals surface area contributed by atoms with Gasteiger partial charge in [0.25, 0.3) is 11.8 Å². The maximum Gasteiger partial charge on any atom is 0.417 e. The Hall–Kier alpha value is -3.32. The Kier molecular flexibility index (Phi) is 7.29. The molecule has 3 atom stereocenters. The summed E-state index contributed by atoms with van der Waals surface area (Å²) in [6, 6.07) is 4.09. The van der Waals surface area contributed by atoms with Crippen LogP contribution in [0.1, 0.15) is 49.2 Å². The number of aliphatic hydroxyl groups is 1. The monoisotopic (exact) mass is 517 g/mol. The average molecular weight is 517 g/mol. The summed E-state index contributed by atoms with van der Waals surface area (Å²) in [6.07, 6.45) is -6.40. The molecule has 196 valence electrons. The maximum atomic E-state index is 14.7. The zero-order valence-electron chi connectivity index (χ0n) is 19.5. The number of primary amides is 1. The van der Waals surface area contributed by atoms with Gasteiger partial charge in [0.05, 0.1) is 5.60 Å². The molecule has 1 saturated heterocycles. The number of nitrogens with zero attached hydrogens (tertiary/aromatic N) is 1. The molecular weight excluding hydrogens is 493 g/mol. The molecule has 13 heteroatoms. The summed E-state index contributed by atoms with van der Waals surface area (Å²) in [6.45, 7) is 2.87. The number of hydrogen-bond donors (Lipinski definition) is 3. The van der Waals surface area contributed by atoms with Crippen LogP contribution in [0.15, 0.2) is 30.5 Å². The zero-order chi connectivity index (χ0) is 27.1. The average Bonchev–Trinajstić information content (AvgIpc) is 3.13. The topological polar surface area (TPSA) is 124 Å². The van der Waals surface area contributed by atoms with E-state index < -0.39 is 71.6 Å². The minimum absolute atomic E-state index is 0.00412. The Bertz CT molecular complexity index is 1170. The largest absolute Gasteiger partial charge is 0.487 e. The molecular formula is C23H24F5N3O5. The van der Waals surface area contributed by atoms with Crippen LogP contribution in [0.3, 0.4) is 0 Å². The third-order valence-corrected chi connectivity index (χ3v) is 5.55. The summed E-state index contributed by atoms with van der Waals surface area (Å²) in [7, 11) is 0. The number of rotatable bonds is 7. The number of alkyl halides is 3. The predicted molar refractivity (Wildman–Crippen MR) is 116 cm³/mol. The highest BCUT2D eigenvalue weighted by atomic mass is 19.4. The Morgan fingerprint density at radius 2 is 1.94 bits per heavy atom. The van der Waals surface area contributed by atoms with Gasteiger partial charge in [0.1, 0.15) is 18.4 Å². The second kappa shape index (κ2) is 9.62. The summed E-state index contributed by atoms with van der Waals surface area (Å²) in [4.78, 5) is 28.2. The van der Waals surface area contributed by atoms with Crippen LogP contribution in [0.25, 0.3) is 0 Å². The van der Waals surface area contributed by atoms with Crippen LogP contribution in [-0.4, -0.2) is 52.0 Å². The van der Waals surface area contributed by atoms with Crippen molar-refractivity contribution in [1.82, 2.24) is 4.98 Å². The lowest BCUT2D eigenvalue weighted by Crippen LogP contribution is -2.43. The number of halogens is 5. The van der Waals surface area contributed by atoms with Crippen LogP contribution in [-0.2, 0) is 9.53 Å². The van der Waals surface area contributed by atoms with Gasteiger partial charge in [-0.15, -0.1) is 0 Å². The first-order chi connectivity index (χ1) is 16.5. The van der Waals surface area contributed by atoms with Crippen molar-refractivity contribution in [3.63, 3.8) is 0 Å². The molecule has 0 bridgehead atoms. The highest BCUT2D eigenvalue weighted by molar-refractivity contribution is 5.97. The summed E-state index contributed by atoms with van der Waals surface area (Å²) in [5.74, 6) is -6.94. The minimum atomic E-state index is -4.91. The fourth-order valence-electron chi connectivity index (χ4n) is 3.72. The number of carbonyl (C=O) groups is 2. The Labute approximate surface area is 202 Å². The van der Waals surface area contributed by atoms with Crippen molar-refractivity contribution < 1.29 is 46.1 Å². The molecule has 1 aliphatic heterocycles. The molecule has 2 aromatic rings. The van der Waals surface area contributed by atoms with Gasteiger partial charge in [0.2, 0.25) is 5.82 Å². The van der Waals surface area contributed by atoms with Crippen molar-refractivity contribution in [2.75, 3.05) is 11.9 Å². The van der Waals surface area contributed by atoms with Gasteiger partial charge in [-0.05, 0) is 45.4 Å². The van der Waals surface area contributed by atoms with Crippen molar-refractivity contribution in [2.24, 2.45) is 5.73 Å². The van der Waals surface area contributed by atoms with E-state index in [1.807, 2.05) is 0 Å². The lowest BCUT2D eigenvalue weighted by Gasteiger charge is -2.27. The number of ether oxygens (including phenoxy) is 2. The van der Waals surface area contributed by atoms with Crippen LogP contribution >= 0.6 is 0 Å². The van der Waals surface area contributed by atoms with Crippen LogP contribution in [0.2, 0.25) is 0 Å². The highest BCUT2D eigenvalue weighted by Crippen LogP contribution is 2.51. The van der Waals surface area contributed by atoms with Gasteiger partial charge in [-0.25, -0.2) is 4.39 Å². The third kappa shape index (κ3) is 5.73. The number of hydrogen-bond acceptors (Lipinski definition) is 6. The molecule has 0 radical (unpaired) electrons. The van der Waals surface area contributed by atoms with Crippen molar-refractivity contribution in [1.29, 1.82) is 0 Å².